The zero-order valence-corrected chi connectivity index (χ0v) is 21.4. The van der Waals surface area contributed by atoms with E-state index in [1.165, 1.54) is 6.26 Å². The zero-order valence-electron chi connectivity index (χ0n) is 17.4. The van der Waals surface area contributed by atoms with Crippen LogP contribution < -0.4 is 10.6 Å². The molecule has 0 amide bonds. The number of sulfone groups is 1. The molecule has 2 rings (SSSR count). The van der Waals surface area contributed by atoms with Gasteiger partial charge in [0.25, 0.3) is 0 Å². The topological polar surface area (TPSA) is 83.0 Å². The number of aliphatic imine (C=N–C) groups is 1. The average molecular weight is 549 g/mol. The van der Waals surface area contributed by atoms with Crippen LogP contribution in [0.15, 0.2) is 4.99 Å². The lowest BCUT2D eigenvalue weighted by Gasteiger charge is -2.35. The van der Waals surface area contributed by atoms with E-state index in [2.05, 4.69) is 28.7 Å². The number of piperidine rings is 1. The molecule has 2 aliphatic rings. The van der Waals surface area contributed by atoms with E-state index in [1.807, 2.05) is 11.8 Å². The predicted octanol–water partition coefficient (Wildman–Crippen LogP) is 1.58. The van der Waals surface area contributed by atoms with Crippen LogP contribution in [-0.2, 0) is 14.6 Å². The number of hydrogen-bond donors (Lipinski definition) is 2. The minimum atomic E-state index is -2.89. The predicted molar refractivity (Wildman–Crippen MR) is 130 cm³/mol. The minimum Gasteiger partial charge on any atom is -0.381 e. The van der Waals surface area contributed by atoms with Gasteiger partial charge < -0.3 is 20.3 Å². The number of thioether (sulfide) groups is 1. The van der Waals surface area contributed by atoms with Crippen molar-refractivity contribution < 1.29 is 13.2 Å². The number of guanidine groups is 1. The third-order valence-electron chi connectivity index (χ3n) is 5.41. The fourth-order valence-corrected chi connectivity index (χ4v) is 4.86. The maximum absolute atomic E-state index is 11.3. The van der Waals surface area contributed by atoms with Crippen LogP contribution in [0, 0.1) is 0 Å². The molecule has 2 heterocycles. The first-order chi connectivity index (χ1) is 12.9. The maximum Gasteiger partial charge on any atom is 0.191 e. The van der Waals surface area contributed by atoms with Gasteiger partial charge in [-0.1, -0.05) is 0 Å². The summed E-state index contributed by atoms with van der Waals surface area (Å²) >= 11 is 1.91. The van der Waals surface area contributed by atoms with Crippen LogP contribution in [0.4, 0.5) is 0 Å². The molecule has 7 nitrogen and oxygen atoms in total. The van der Waals surface area contributed by atoms with E-state index in [9.17, 15) is 8.42 Å². The van der Waals surface area contributed by atoms with Crippen LogP contribution >= 0.6 is 35.7 Å². The van der Waals surface area contributed by atoms with Crippen LogP contribution in [0.25, 0.3) is 0 Å². The summed E-state index contributed by atoms with van der Waals surface area (Å²) in [5, 5.41) is 6.96. The lowest BCUT2D eigenvalue weighted by molar-refractivity contribution is 0.0794. The molecular formula is C18H37IN4O3S2. The minimum absolute atomic E-state index is 0. The molecule has 0 aromatic heterocycles. The molecule has 166 valence electrons. The van der Waals surface area contributed by atoms with E-state index in [-0.39, 0.29) is 34.5 Å². The molecule has 28 heavy (non-hydrogen) atoms. The molecule has 0 radical (unpaired) electrons. The fourth-order valence-electron chi connectivity index (χ4n) is 3.50. The van der Waals surface area contributed by atoms with Crippen molar-refractivity contribution in [3.8, 4) is 0 Å². The molecule has 0 unspecified atom stereocenters. The quantitative estimate of drug-likeness (QED) is 0.271. The lowest BCUT2D eigenvalue weighted by atomic mass is 9.99. The summed E-state index contributed by atoms with van der Waals surface area (Å²) in [5.74, 6) is 1.14. The van der Waals surface area contributed by atoms with Crippen molar-refractivity contribution in [1.29, 1.82) is 0 Å². The van der Waals surface area contributed by atoms with Gasteiger partial charge in [0.05, 0.1) is 12.3 Å². The Bertz CT molecular complexity index is 575. The molecule has 2 saturated heterocycles. The van der Waals surface area contributed by atoms with E-state index in [4.69, 9.17) is 9.73 Å². The molecule has 2 aliphatic heterocycles. The Morgan fingerprint density at radius 2 is 1.93 bits per heavy atom. The van der Waals surface area contributed by atoms with Crippen LogP contribution in [0.1, 0.15) is 32.6 Å². The molecule has 0 spiro atoms. The highest BCUT2D eigenvalue weighted by Crippen LogP contribution is 2.34. The van der Waals surface area contributed by atoms with Gasteiger partial charge in [0.2, 0.25) is 0 Å². The van der Waals surface area contributed by atoms with Gasteiger partial charge in [0, 0.05) is 56.4 Å². The SMILES string of the molecule is CCNC(=NCC1(SC)CCOCC1)NC1CCN(CCS(C)(=O)=O)CC1.I. The second-order valence-corrected chi connectivity index (χ2v) is 11.1. The van der Waals surface area contributed by atoms with E-state index < -0.39 is 9.84 Å². The van der Waals surface area contributed by atoms with Crippen molar-refractivity contribution in [3.05, 3.63) is 0 Å². The first kappa shape index (κ1) is 26.3. The largest absolute Gasteiger partial charge is 0.381 e. The molecule has 0 bridgehead atoms. The Kier molecular flexibility index (Phi) is 12.0. The monoisotopic (exact) mass is 548 g/mol. The highest BCUT2D eigenvalue weighted by atomic mass is 127. The van der Waals surface area contributed by atoms with Gasteiger partial charge in [0.1, 0.15) is 9.84 Å². The van der Waals surface area contributed by atoms with Crippen molar-refractivity contribution in [2.75, 3.05) is 64.2 Å². The summed E-state index contributed by atoms with van der Waals surface area (Å²) in [5.41, 5.74) is 0. The number of nitrogens with one attached hydrogen (secondary N) is 2. The molecule has 0 atom stereocenters. The summed E-state index contributed by atoms with van der Waals surface area (Å²) in [6, 6.07) is 0.386. The Morgan fingerprint density at radius 1 is 1.29 bits per heavy atom. The number of ether oxygens (including phenoxy) is 1. The molecule has 0 aromatic carbocycles. The number of hydrogen-bond acceptors (Lipinski definition) is 6. The summed E-state index contributed by atoms with van der Waals surface area (Å²) in [7, 11) is -2.89. The number of nitrogens with zero attached hydrogens (tertiary/aromatic N) is 2. The van der Waals surface area contributed by atoms with Gasteiger partial charge in [-0.2, -0.15) is 11.8 Å². The first-order valence-corrected chi connectivity index (χ1v) is 13.2. The van der Waals surface area contributed by atoms with Crippen molar-refractivity contribution in [3.63, 3.8) is 0 Å². The molecular weight excluding hydrogens is 511 g/mol. The zero-order chi connectivity index (χ0) is 19.8. The third-order valence-corrected chi connectivity index (χ3v) is 7.74. The molecule has 2 fully saturated rings. The molecule has 0 aliphatic carbocycles. The first-order valence-electron chi connectivity index (χ1n) is 9.93. The summed E-state index contributed by atoms with van der Waals surface area (Å²) in [6.45, 7) is 7.88. The van der Waals surface area contributed by atoms with E-state index in [0.717, 1.165) is 71.0 Å². The number of rotatable bonds is 8. The number of likely N-dealkylation sites (tertiary alicyclic amines) is 1. The molecule has 2 N–H and O–H groups in total. The normalized spacial score (nSPS) is 21.8. The average Bonchev–Trinajstić information content (AvgIpc) is 2.66. The van der Waals surface area contributed by atoms with Crippen LogP contribution in [0.5, 0.6) is 0 Å². The maximum atomic E-state index is 11.3. The van der Waals surface area contributed by atoms with E-state index in [0.29, 0.717) is 12.6 Å². The smallest absolute Gasteiger partial charge is 0.191 e. The Labute approximate surface area is 192 Å². The van der Waals surface area contributed by atoms with Crippen molar-refractivity contribution in [2.24, 2.45) is 4.99 Å². The van der Waals surface area contributed by atoms with Crippen LogP contribution in [-0.4, -0.2) is 94.3 Å². The fraction of sp³-hybridized carbons (Fsp3) is 0.944. The van der Waals surface area contributed by atoms with Gasteiger partial charge in [-0.05, 0) is 38.9 Å². The van der Waals surface area contributed by atoms with Gasteiger partial charge >= 0.3 is 0 Å². The second kappa shape index (κ2) is 12.8. The Morgan fingerprint density at radius 3 is 2.46 bits per heavy atom. The van der Waals surface area contributed by atoms with Crippen molar-refractivity contribution in [1.82, 2.24) is 15.5 Å². The Hall–Kier alpha value is 0.220. The third kappa shape index (κ3) is 9.36. The Balaban J connectivity index is 0.00000392. The van der Waals surface area contributed by atoms with Crippen LogP contribution in [0.3, 0.4) is 0 Å². The van der Waals surface area contributed by atoms with Gasteiger partial charge in [0.15, 0.2) is 5.96 Å². The van der Waals surface area contributed by atoms with Gasteiger partial charge in [-0.25, -0.2) is 8.42 Å². The second-order valence-electron chi connectivity index (χ2n) is 7.58. The molecule has 0 aromatic rings. The highest BCUT2D eigenvalue weighted by molar-refractivity contribution is 14.0. The van der Waals surface area contributed by atoms with Crippen molar-refractivity contribution >= 4 is 51.5 Å². The van der Waals surface area contributed by atoms with Crippen molar-refractivity contribution in [2.45, 2.75) is 43.4 Å². The summed E-state index contributed by atoms with van der Waals surface area (Å²) < 4.78 is 28.4. The molecule has 10 heteroatoms. The van der Waals surface area contributed by atoms with E-state index in [1.54, 1.807) is 0 Å². The lowest BCUT2D eigenvalue weighted by Crippen LogP contribution is -2.49. The van der Waals surface area contributed by atoms with Gasteiger partial charge in [-0.15, -0.1) is 24.0 Å². The molecule has 0 saturated carbocycles. The highest BCUT2D eigenvalue weighted by Gasteiger charge is 2.31. The van der Waals surface area contributed by atoms with E-state index >= 15 is 0 Å². The summed E-state index contributed by atoms with van der Waals surface area (Å²) in [4.78, 5) is 7.13. The summed E-state index contributed by atoms with van der Waals surface area (Å²) in [6.07, 6.45) is 7.60. The standard InChI is InChI=1S/C18H36N4O3S2.HI/c1-4-19-17(20-15-18(26-2)7-12-25-13-8-18)21-16-5-9-22(10-6-16)11-14-27(3,23)24;/h16H,4-15H2,1-3H3,(H2,19,20,21);1H. The van der Waals surface area contributed by atoms with Gasteiger partial charge in [-0.3, -0.25) is 4.99 Å². The van der Waals surface area contributed by atoms with Crippen LogP contribution in [0.2, 0.25) is 0 Å². The number of halogens is 1.